The summed E-state index contributed by atoms with van der Waals surface area (Å²) in [5.41, 5.74) is 0.644. The minimum atomic E-state index is -0.0824. The first kappa shape index (κ1) is 14.1. The molecular weight excluding hydrogens is 308 g/mol. The number of hydrogen-bond acceptors (Lipinski definition) is 2. The van der Waals surface area contributed by atoms with Crippen molar-refractivity contribution in [2.45, 2.75) is 19.3 Å². The Morgan fingerprint density at radius 2 is 1.74 bits per heavy atom. The van der Waals surface area contributed by atoms with Gasteiger partial charge in [0.15, 0.2) is 0 Å². The highest BCUT2D eigenvalue weighted by Gasteiger charge is 2.28. The van der Waals surface area contributed by atoms with E-state index in [2.05, 4.69) is 26.6 Å². The molecule has 1 aromatic carbocycles. The lowest BCUT2D eigenvalue weighted by molar-refractivity contribution is -0.122. The smallest absolute Gasteiger partial charge is 0.251 e. The van der Waals surface area contributed by atoms with Gasteiger partial charge in [-0.05, 0) is 43.5 Å². The normalized spacial score (nSPS) is 13.9. The minimum absolute atomic E-state index is 0.0824. The third-order valence-corrected chi connectivity index (χ3v) is 3.52. The summed E-state index contributed by atoms with van der Waals surface area (Å²) in [5.74, 6) is 0.317. The second-order valence-electron chi connectivity index (χ2n) is 4.68. The molecule has 2 amide bonds. The van der Waals surface area contributed by atoms with Crippen molar-refractivity contribution < 1.29 is 9.59 Å². The van der Waals surface area contributed by atoms with E-state index in [1.165, 1.54) is 0 Å². The molecule has 19 heavy (non-hydrogen) atoms. The van der Waals surface area contributed by atoms with Gasteiger partial charge in [0.25, 0.3) is 5.91 Å². The molecule has 0 heterocycles. The average Bonchev–Trinajstić information content (AvgIpc) is 3.23. The molecule has 0 atom stereocenters. The standard InChI is InChI=1S/C14H17BrN2O2/c15-12-6-4-11(5-7-12)14(19)17-9-1-8-16-13(18)10-2-3-10/h4-7,10H,1-3,8-9H2,(H,16,18)(H,17,19). The van der Waals surface area contributed by atoms with Gasteiger partial charge in [-0.15, -0.1) is 0 Å². The van der Waals surface area contributed by atoms with Crippen LogP contribution in [0.4, 0.5) is 0 Å². The van der Waals surface area contributed by atoms with Crippen molar-refractivity contribution in [3.8, 4) is 0 Å². The molecule has 0 aliphatic heterocycles. The first-order chi connectivity index (χ1) is 9.16. The Labute approximate surface area is 121 Å². The predicted octanol–water partition coefficient (Wildman–Crippen LogP) is 2.10. The van der Waals surface area contributed by atoms with Crippen LogP contribution in [-0.4, -0.2) is 24.9 Å². The van der Waals surface area contributed by atoms with Gasteiger partial charge in [-0.25, -0.2) is 0 Å². The maximum absolute atomic E-state index is 11.8. The predicted molar refractivity (Wildman–Crippen MR) is 76.8 cm³/mol. The fourth-order valence-electron chi connectivity index (χ4n) is 1.70. The van der Waals surface area contributed by atoms with Gasteiger partial charge in [-0.2, -0.15) is 0 Å². The first-order valence-corrected chi connectivity index (χ1v) is 7.27. The molecule has 0 radical (unpaired) electrons. The zero-order valence-electron chi connectivity index (χ0n) is 10.6. The highest BCUT2D eigenvalue weighted by atomic mass is 79.9. The van der Waals surface area contributed by atoms with E-state index in [0.717, 1.165) is 23.7 Å². The molecule has 1 saturated carbocycles. The van der Waals surface area contributed by atoms with Gasteiger partial charge < -0.3 is 10.6 Å². The summed E-state index contributed by atoms with van der Waals surface area (Å²) in [6, 6.07) is 7.22. The van der Waals surface area contributed by atoms with Crippen molar-refractivity contribution in [3.63, 3.8) is 0 Å². The van der Waals surface area contributed by atoms with Crippen molar-refractivity contribution in [2.24, 2.45) is 5.92 Å². The Morgan fingerprint density at radius 1 is 1.11 bits per heavy atom. The lowest BCUT2D eigenvalue weighted by Gasteiger charge is -2.06. The number of halogens is 1. The van der Waals surface area contributed by atoms with Crippen LogP contribution in [-0.2, 0) is 4.79 Å². The maximum Gasteiger partial charge on any atom is 0.251 e. The molecule has 2 rings (SSSR count). The van der Waals surface area contributed by atoms with E-state index in [-0.39, 0.29) is 17.7 Å². The van der Waals surface area contributed by atoms with E-state index in [1.807, 2.05) is 12.1 Å². The molecule has 0 aromatic heterocycles. The lowest BCUT2D eigenvalue weighted by atomic mass is 10.2. The van der Waals surface area contributed by atoms with Crippen LogP contribution in [0.3, 0.4) is 0 Å². The molecule has 1 aliphatic rings. The van der Waals surface area contributed by atoms with Crippen LogP contribution in [0.25, 0.3) is 0 Å². The summed E-state index contributed by atoms with van der Waals surface area (Å²) in [6.07, 6.45) is 2.79. The van der Waals surface area contributed by atoms with E-state index >= 15 is 0 Å². The molecule has 1 aromatic rings. The number of hydrogen-bond donors (Lipinski definition) is 2. The highest BCUT2D eigenvalue weighted by Crippen LogP contribution is 2.28. The zero-order valence-corrected chi connectivity index (χ0v) is 12.2. The topological polar surface area (TPSA) is 58.2 Å². The molecule has 0 unspecified atom stereocenters. The quantitative estimate of drug-likeness (QED) is 0.787. The number of benzene rings is 1. The van der Waals surface area contributed by atoms with Crippen LogP contribution in [0.2, 0.25) is 0 Å². The van der Waals surface area contributed by atoms with E-state index < -0.39 is 0 Å². The molecule has 0 saturated heterocycles. The van der Waals surface area contributed by atoms with Crippen molar-refractivity contribution in [1.29, 1.82) is 0 Å². The third-order valence-electron chi connectivity index (χ3n) is 2.99. The Hall–Kier alpha value is -1.36. The molecule has 1 fully saturated rings. The van der Waals surface area contributed by atoms with Crippen LogP contribution in [0.1, 0.15) is 29.6 Å². The van der Waals surface area contributed by atoms with E-state index in [0.29, 0.717) is 18.7 Å². The molecule has 102 valence electrons. The fraction of sp³-hybridized carbons (Fsp3) is 0.429. The second-order valence-corrected chi connectivity index (χ2v) is 5.60. The van der Waals surface area contributed by atoms with Gasteiger partial charge in [-0.3, -0.25) is 9.59 Å². The lowest BCUT2D eigenvalue weighted by Crippen LogP contribution is -2.30. The van der Waals surface area contributed by atoms with Crippen LogP contribution in [0.15, 0.2) is 28.7 Å². The third kappa shape index (κ3) is 4.67. The minimum Gasteiger partial charge on any atom is -0.356 e. The summed E-state index contributed by atoms with van der Waals surface area (Å²) in [7, 11) is 0. The van der Waals surface area contributed by atoms with Crippen molar-refractivity contribution in [3.05, 3.63) is 34.3 Å². The number of nitrogens with one attached hydrogen (secondary N) is 2. The van der Waals surface area contributed by atoms with Crippen molar-refractivity contribution in [1.82, 2.24) is 10.6 Å². The van der Waals surface area contributed by atoms with Crippen LogP contribution in [0.5, 0.6) is 0 Å². The van der Waals surface area contributed by atoms with Crippen LogP contribution < -0.4 is 10.6 Å². The van der Waals surface area contributed by atoms with Crippen molar-refractivity contribution >= 4 is 27.7 Å². The average molecular weight is 325 g/mol. The van der Waals surface area contributed by atoms with Crippen LogP contribution in [0, 0.1) is 5.92 Å². The number of carbonyl (C=O) groups excluding carboxylic acids is 2. The van der Waals surface area contributed by atoms with Gasteiger partial charge >= 0.3 is 0 Å². The maximum atomic E-state index is 11.8. The summed E-state index contributed by atoms with van der Waals surface area (Å²) in [6.45, 7) is 1.19. The van der Waals surface area contributed by atoms with Gasteiger partial charge in [0.05, 0.1) is 0 Å². The first-order valence-electron chi connectivity index (χ1n) is 6.48. The van der Waals surface area contributed by atoms with Gasteiger partial charge in [0, 0.05) is 29.0 Å². The molecule has 0 bridgehead atoms. The monoisotopic (exact) mass is 324 g/mol. The van der Waals surface area contributed by atoms with E-state index in [4.69, 9.17) is 0 Å². The summed E-state index contributed by atoms with van der Waals surface area (Å²) in [4.78, 5) is 23.1. The highest BCUT2D eigenvalue weighted by molar-refractivity contribution is 9.10. The molecule has 2 N–H and O–H groups in total. The molecule has 0 spiro atoms. The number of amides is 2. The van der Waals surface area contributed by atoms with E-state index in [9.17, 15) is 9.59 Å². The Balaban J connectivity index is 1.61. The molecule has 5 heteroatoms. The summed E-state index contributed by atoms with van der Waals surface area (Å²) >= 11 is 3.33. The Morgan fingerprint density at radius 3 is 2.37 bits per heavy atom. The van der Waals surface area contributed by atoms with Crippen LogP contribution >= 0.6 is 15.9 Å². The second kappa shape index (κ2) is 6.70. The molecule has 1 aliphatic carbocycles. The number of rotatable bonds is 6. The summed E-state index contributed by atoms with van der Waals surface area (Å²) < 4.78 is 0.951. The summed E-state index contributed by atoms with van der Waals surface area (Å²) in [5, 5.41) is 5.70. The number of carbonyl (C=O) groups is 2. The SMILES string of the molecule is O=C(NCCCNC(=O)C1CC1)c1ccc(Br)cc1. The van der Waals surface area contributed by atoms with Crippen molar-refractivity contribution in [2.75, 3.05) is 13.1 Å². The van der Waals surface area contributed by atoms with E-state index in [1.54, 1.807) is 12.1 Å². The van der Waals surface area contributed by atoms with Gasteiger partial charge in [0.1, 0.15) is 0 Å². The Kier molecular flexibility index (Phi) is 4.96. The Bertz CT molecular complexity index is 455. The molecule has 4 nitrogen and oxygen atoms in total. The van der Waals surface area contributed by atoms with Gasteiger partial charge in [0.2, 0.25) is 5.91 Å². The zero-order chi connectivity index (χ0) is 13.7. The fourth-order valence-corrected chi connectivity index (χ4v) is 1.96. The molecular formula is C14H17BrN2O2. The largest absolute Gasteiger partial charge is 0.356 e. The van der Waals surface area contributed by atoms with Gasteiger partial charge in [-0.1, -0.05) is 15.9 Å².